The van der Waals surface area contributed by atoms with Crippen molar-refractivity contribution in [2.45, 2.75) is 25.8 Å². The molecular formula is C21H21N5OS. The number of hydrogen-bond acceptors (Lipinski definition) is 6. The number of anilines is 2. The molecule has 3 rings (SSSR count). The Morgan fingerprint density at radius 1 is 1.18 bits per heavy atom. The summed E-state index contributed by atoms with van der Waals surface area (Å²) in [6.07, 6.45) is 0. The van der Waals surface area contributed by atoms with E-state index in [0.29, 0.717) is 10.6 Å². The fourth-order valence-corrected chi connectivity index (χ4v) is 4.03. The predicted molar refractivity (Wildman–Crippen MR) is 113 cm³/mol. The standard InChI is InChI=1S/C21H21N5OS/c1-12-4-6-15(7-5-12)26-13(2)8-16(14(26)3)19(27)11-28-21-17(10-22)18(23)9-20(24)25-21/h4-9H,11H2,1-3H3,(H4,23,24,25). The van der Waals surface area contributed by atoms with Crippen molar-refractivity contribution in [3.63, 3.8) is 0 Å². The summed E-state index contributed by atoms with van der Waals surface area (Å²) in [6, 6.07) is 13.5. The number of carbonyl (C=O) groups is 1. The van der Waals surface area contributed by atoms with Gasteiger partial charge in [-0.15, -0.1) is 0 Å². The van der Waals surface area contributed by atoms with E-state index in [1.165, 1.54) is 23.4 Å². The molecule has 0 saturated heterocycles. The zero-order chi connectivity index (χ0) is 20.4. The number of ketones is 1. The van der Waals surface area contributed by atoms with Crippen molar-refractivity contribution in [1.82, 2.24) is 9.55 Å². The topological polar surface area (TPSA) is 111 Å². The molecule has 0 atom stereocenters. The smallest absolute Gasteiger partial charge is 0.174 e. The van der Waals surface area contributed by atoms with E-state index in [9.17, 15) is 10.1 Å². The van der Waals surface area contributed by atoms with E-state index >= 15 is 0 Å². The Balaban J connectivity index is 1.86. The Morgan fingerprint density at radius 2 is 1.86 bits per heavy atom. The minimum atomic E-state index is -0.0388. The van der Waals surface area contributed by atoms with Gasteiger partial charge in [-0.2, -0.15) is 5.26 Å². The number of nitriles is 1. The van der Waals surface area contributed by atoms with Crippen molar-refractivity contribution in [1.29, 1.82) is 5.26 Å². The van der Waals surface area contributed by atoms with Gasteiger partial charge in [-0.1, -0.05) is 29.5 Å². The van der Waals surface area contributed by atoms with Crippen LogP contribution in [0.4, 0.5) is 11.5 Å². The average molecular weight is 392 g/mol. The van der Waals surface area contributed by atoms with Crippen LogP contribution in [0.3, 0.4) is 0 Å². The molecule has 28 heavy (non-hydrogen) atoms. The Morgan fingerprint density at radius 3 is 2.50 bits per heavy atom. The maximum Gasteiger partial charge on any atom is 0.174 e. The largest absolute Gasteiger partial charge is 0.397 e. The molecule has 0 amide bonds. The normalized spacial score (nSPS) is 10.6. The lowest BCUT2D eigenvalue weighted by molar-refractivity contribution is 0.102. The lowest BCUT2D eigenvalue weighted by atomic mass is 10.2. The third-order valence-electron chi connectivity index (χ3n) is 4.51. The van der Waals surface area contributed by atoms with Gasteiger partial charge in [0.05, 0.1) is 11.4 Å². The van der Waals surface area contributed by atoms with Crippen molar-refractivity contribution in [3.8, 4) is 11.8 Å². The molecule has 142 valence electrons. The summed E-state index contributed by atoms with van der Waals surface area (Å²) in [7, 11) is 0. The van der Waals surface area contributed by atoms with E-state index < -0.39 is 0 Å². The molecule has 0 saturated carbocycles. The monoisotopic (exact) mass is 391 g/mol. The molecule has 0 spiro atoms. The Hall–Kier alpha value is -3.24. The summed E-state index contributed by atoms with van der Waals surface area (Å²) >= 11 is 1.17. The minimum absolute atomic E-state index is 0.0388. The highest BCUT2D eigenvalue weighted by atomic mass is 32.2. The number of Topliss-reactive ketones (excluding diaryl/α,β-unsaturated/α-hetero) is 1. The highest BCUT2D eigenvalue weighted by Crippen LogP contribution is 2.28. The van der Waals surface area contributed by atoms with Gasteiger partial charge in [-0.3, -0.25) is 4.79 Å². The lowest BCUT2D eigenvalue weighted by Crippen LogP contribution is -2.07. The number of aromatic nitrogens is 2. The number of nitrogens with two attached hydrogens (primary N) is 2. The van der Waals surface area contributed by atoms with Gasteiger partial charge < -0.3 is 16.0 Å². The molecule has 2 heterocycles. The van der Waals surface area contributed by atoms with Crippen molar-refractivity contribution < 1.29 is 4.79 Å². The molecule has 0 aliphatic rings. The summed E-state index contributed by atoms with van der Waals surface area (Å²) in [6.45, 7) is 5.95. The average Bonchev–Trinajstić information content (AvgIpc) is 2.94. The molecule has 0 bridgehead atoms. The highest BCUT2D eigenvalue weighted by Gasteiger charge is 2.18. The second kappa shape index (κ2) is 7.79. The molecule has 0 unspecified atom stereocenters. The number of aryl methyl sites for hydroxylation is 2. The van der Waals surface area contributed by atoms with Gasteiger partial charge in [0.2, 0.25) is 0 Å². The number of carbonyl (C=O) groups excluding carboxylic acids is 1. The maximum atomic E-state index is 12.9. The Labute approximate surface area is 168 Å². The van der Waals surface area contributed by atoms with Crippen LogP contribution in [0.15, 0.2) is 41.4 Å². The SMILES string of the molecule is Cc1ccc(-n2c(C)cc(C(=O)CSc3nc(N)cc(N)c3C#N)c2C)cc1. The van der Waals surface area contributed by atoms with Crippen molar-refractivity contribution in [2.24, 2.45) is 0 Å². The van der Waals surface area contributed by atoms with Crippen LogP contribution >= 0.6 is 11.8 Å². The van der Waals surface area contributed by atoms with Crippen LogP contribution in [0.25, 0.3) is 5.69 Å². The van der Waals surface area contributed by atoms with Gasteiger partial charge >= 0.3 is 0 Å². The van der Waals surface area contributed by atoms with Gasteiger partial charge in [0.25, 0.3) is 0 Å². The number of pyridine rings is 1. The van der Waals surface area contributed by atoms with E-state index in [2.05, 4.69) is 9.55 Å². The summed E-state index contributed by atoms with van der Waals surface area (Å²) in [5.74, 6) is 0.329. The molecule has 2 aromatic heterocycles. The number of thioether (sulfide) groups is 1. The Bertz CT molecular complexity index is 1090. The first-order valence-corrected chi connectivity index (χ1v) is 9.68. The third-order valence-corrected chi connectivity index (χ3v) is 5.49. The number of hydrogen-bond donors (Lipinski definition) is 2. The van der Waals surface area contributed by atoms with Crippen LogP contribution in [0.5, 0.6) is 0 Å². The maximum absolute atomic E-state index is 12.9. The highest BCUT2D eigenvalue weighted by molar-refractivity contribution is 8.00. The van der Waals surface area contributed by atoms with Gasteiger partial charge in [-0.05, 0) is 39.0 Å². The molecule has 0 fully saturated rings. The molecule has 1 aromatic carbocycles. The summed E-state index contributed by atoms with van der Waals surface area (Å²) in [5.41, 5.74) is 16.8. The lowest BCUT2D eigenvalue weighted by Gasteiger charge is -2.10. The first-order valence-electron chi connectivity index (χ1n) is 8.70. The van der Waals surface area contributed by atoms with Gasteiger partial charge in [0, 0.05) is 28.7 Å². The van der Waals surface area contributed by atoms with Crippen LogP contribution in [0, 0.1) is 32.1 Å². The molecule has 4 N–H and O–H groups in total. The van der Waals surface area contributed by atoms with E-state index in [1.54, 1.807) is 0 Å². The second-order valence-electron chi connectivity index (χ2n) is 6.60. The zero-order valence-corrected chi connectivity index (χ0v) is 16.8. The molecule has 0 aliphatic carbocycles. The first kappa shape index (κ1) is 19.5. The zero-order valence-electron chi connectivity index (χ0n) is 16.0. The Kier molecular flexibility index (Phi) is 5.43. The molecule has 3 aromatic rings. The van der Waals surface area contributed by atoms with Gasteiger partial charge in [0.15, 0.2) is 5.78 Å². The molecule has 0 radical (unpaired) electrons. The van der Waals surface area contributed by atoms with Crippen LogP contribution in [0.2, 0.25) is 0 Å². The summed E-state index contributed by atoms with van der Waals surface area (Å²) < 4.78 is 2.06. The number of nitrogen functional groups attached to an aromatic ring is 2. The predicted octanol–water partition coefficient (Wildman–Crippen LogP) is 3.81. The number of rotatable bonds is 5. The molecule has 6 nitrogen and oxygen atoms in total. The summed E-state index contributed by atoms with van der Waals surface area (Å²) in [5, 5.41) is 9.67. The van der Waals surface area contributed by atoms with E-state index in [4.69, 9.17) is 11.5 Å². The first-order chi connectivity index (χ1) is 13.3. The van der Waals surface area contributed by atoms with Gasteiger partial charge in [-0.25, -0.2) is 4.98 Å². The fraction of sp³-hybridized carbons (Fsp3) is 0.190. The fourth-order valence-electron chi connectivity index (χ4n) is 3.13. The van der Waals surface area contributed by atoms with Crippen LogP contribution in [0.1, 0.15) is 32.9 Å². The number of nitrogens with zero attached hydrogens (tertiary/aromatic N) is 3. The van der Waals surface area contributed by atoms with Crippen molar-refractivity contribution in [2.75, 3.05) is 17.2 Å². The minimum Gasteiger partial charge on any atom is -0.397 e. The third kappa shape index (κ3) is 3.73. The van der Waals surface area contributed by atoms with Crippen molar-refractivity contribution >= 4 is 29.1 Å². The summed E-state index contributed by atoms with van der Waals surface area (Å²) in [4.78, 5) is 17.0. The van der Waals surface area contributed by atoms with Gasteiger partial charge in [0.1, 0.15) is 22.5 Å². The molecule has 0 aliphatic heterocycles. The van der Waals surface area contributed by atoms with Crippen LogP contribution in [-0.4, -0.2) is 21.1 Å². The number of benzene rings is 1. The van der Waals surface area contributed by atoms with Crippen LogP contribution in [-0.2, 0) is 0 Å². The van der Waals surface area contributed by atoms with Crippen LogP contribution < -0.4 is 11.5 Å². The molecular weight excluding hydrogens is 370 g/mol. The van der Waals surface area contributed by atoms with Crippen molar-refractivity contribution in [3.05, 3.63) is 64.5 Å². The van der Waals surface area contributed by atoms with E-state index in [-0.39, 0.29) is 28.6 Å². The van der Waals surface area contributed by atoms with E-state index in [0.717, 1.165) is 17.1 Å². The second-order valence-corrected chi connectivity index (χ2v) is 7.56. The molecule has 7 heteroatoms. The van der Waals surface area contributed by atoms with E-state index in [1.807, 2.05) is 57.2 Å². The quantitative estimate of drug-likeness (QED) is 0.505.